The first-order valence-electron chi connectivity index (χ1n) is 9.24. The molecule has 3 rings (SSSR count). The molecule has 1 aromatic heterocycles. The maximum Gasteiger partial charge on any atom is 0.275 e. The monoisotopic (exact) mass is 375 g/mol. The number of amides is 1. The molecule has 1 aliphatic heterocycles. The summed E-state index contributed by atoms with van der Waals surface area (Å²) < 4.78 is 23.9. The first-order valence-corrected chi connectivity index (χ1v) is 9.24. The van der Waals surface area contributed by atoms with Crippen LogP contribution in [0.2, 0.25) is 0 Å². The van der Waals surface area contributed by atoms with Crippen molar-refractivity contribution in [3.63, 3.8) is 0 Å². The number of hydrogen-bond acceptors (Lipinski definition) is 5. The fourth-order valence-corrected chi connectivity index (χ4v) is 3.32. The van der Waals surface area contributed by atoms with Crippen molar-refractivity contribution in [2.75, 3.05) is 26.7 Å². The number of carbonyl (C=O) groups is 1. The molecule has 1 aromatic carbocycles. The highest BCUT2D eigenvalue weighted by Gasteiger charge is 2.27. The van der Waals surface area contributed by atoms with Gasteiger partial charge in [0.1, 0.15) is 17.8 Å². The summed E-state index contributed by atoms with van der Waals surface area (Å²) in [4.78, 5) is 20.9. The first kappa shape index (κ1) is 19.4. The van der Waals surface area contributed by atoms with E-state index < -0.39 is 0 Å². The second-order valence-electron chi connectivity index (χ2n) is 7.30. The van der Waals surface area contributed by atoms with E-state index in [0.29, 0.717) is 24.3 Å². The van der Waals surface area contributed by atoms with Gasteiger partial charge in [-0.05, 0) is 44.9 Å². The number of oxazole rings is 1. The Morgan fingerprint density at radius 1 is 1.48 bits per heavy atom. The molecule has 2 aromatic rings. The van der Waals surface area contributed by atoms with E-state index in [-0.39, 0.29) is 29.9 Å². The molecular weight excluding hydrogens is 349 g/mol. The standard InChI is InChI=1S/C20H26FN3O3/c1-14(2)24-8-7-15(11-24)10-23(3)20(25)18-12-27-19(22-18)13-26-17-6-4-5-16(21)9-17/h4-6,9,12,14-15H,7-8,10-11,13H2,1-3H3/t15-/m0/s1. The number of aromatic nitrogens is 1. The van der Waals surface area contributed by atoms with Crippen molar-refractivity contribution in [3.05, 3.63) is 47.9 Å². The molecule has 7 heteroatoms. The molecule has 1 atom stereocenters. The van der Waals surface area contributed by atoms with Gasteiger partial charge in [0.2, 0.25) is 5.89 Å². The van der Waals surface area contributed by atoms with Crippen LogP contribution < -0.4 is 4.74 Å². The Morgan fingerprint density at radius 3 is 3.00 bits per heavy atom. The number of hydrogen-bond donors (Lipinski definition) is 0. The SMILES string of the molecule is CC(C)N1CC[C@@H](CN(C)C(=O)c2coc(COc3cccc(F)c3)n2)C1. The van der Waals surface area contributed by atoms with Crippen molar-refractivity contribution in [3.8, 4) is 5.75 Å². The van der Waals surface area contributed by atoms with Crippen molar-refractivity contribution < 1.29 is 18.3 Å². The van der Waals surface area contributed by atoms with Crippen LogP contribution in [0, 0.1) is 11.7 Å². The van der Waals surface area contributed by atoms with Gasteiger partial charge in [-0.1, -0.05) is 6.07 Å². The minimum Gasteiger partial charge on any atom is -0.484 e. The maximum absolute atomic E-state index is 13.2. The molecule has 1 fully saturated rings. The lowest BCUT2D eigenvalue weighted by molar-refractivity contribution is 0.0766. The normalized spacial score (nSPS) is 17.4. The molecular formula is C20H26FN3O3. The summed E-state index contributed by atoms with van der Waals surface area (Å²) in [6.07, 6.45) is 2.44. The second kappa shape index (κ2) is 8.52. The number of halogens is 1. The molecule has 146 valence electrons. The van der Waals surface area contributed by atoms with Gasteiger partial charge in [-0.3, -0.25) is 4.79 Å². The lowest BCUT2D eigenvalue weighted by Gasteiger charge is -2.22. The molecule has 0 unspecified atom stereocenters. The topological polar surface area (TPSA) is 58.8 Å². The molecule has 2 heterocycles. The Labute approximate surface area is 158 Å². The number of nitrogens with zero attached hydrogens (tertiary/aromatic N) is 3. The molecule has 0 radical (unpaired) electrons. The van der Waals surface area contributed by atoms with Crippen molar-refractivity contribution >= 4 is 5.91 Å². The molecule has 0 aliphatic carbocycles. The summed E-state index contributed by atoms with van der Waals surface area (Å²) in [6, 6.07) is 6.37. The Hall–Kier alpha value is -2.41. The average Bonchev–Trinajstić information content (AvgIpc) is 3.29. The highest BCUT2D eigenvalue weighted by atomic mass is 19.1. The van der Waals surface area contributed by atoms with Crippen LogP contribution in [-0.2, 0) is 6.61 Å². The molecule has 0 N–H and O–H groups in total. The van der Waals surface area contributed by atoms with Gasteiger partial charge in [0.25, 0.3) is 5.91 Å². The number of rotatable bonds is 7. The van der Waals surface area contributed by atoms with Crippen LogP contribution in [0.25, 0.3) is 0 Å². The van der Waals surface area contributed by atoms with E-state index in [1.54, 1.807) is 24.1 Å². The van der Waals surface area contributed by atoms with E-state index in [4.69, 9.17) is 9.15 Å². The van der Waals surface area contributed by atoms with Crippen LogP contribution in [0.5, 0.6) is 5.75 Å². The van der Waals surface area contributed by atoms with E-state index in [1.165, 1.54) is 18.4 Å². The highest BCUT2D eigenvalue weighted by Crippen LogP contribution is 2.20. The maximum atomic E-state index is 13.2. The fraction of sp³-hybridized carbons (Fsp3) is 0.500. The summed E-state index contributed by atoms with van der Waals surface area (Å²) >= 11 is 0. The van der Waals surface area contributed by atoms with Gasteiger partial charge >= 0.3 is 0 Å². The predicted molar refractivity (Wildman–Crippen MR) is 99.0 cm³/mol. The quantitative estimate of drug-likeness (QED) is 0.744. The Morgan fingerprint density at radius 2 is 2.30 bits per heavy atom. The van der Waals surface area contributed by atoms with Gasteiger partial charge in [0, 0.05) is 32.2 Å². The van der Waals surface area contributed by atoms with Crippen molar-refractivity contribution in [1.82, 2.24) is 14.8 Å². The lowest BCUT2D eigenvalue weighted by Crippen LogP contribution is -2.34. The van der Waals surface area contributed by atoms with Crippen LogP contribution in [0.3, 0.4) is 0 Å². The van der Waals surface area contributed by atoms with Gasteiger partial charge in [-0.25, -0.2) is 9.37 Å². The molecule has 27 heavy (non-hydrogen) atoms. The summed E-state index contributed by atoms with van der Waals surface area (Å²) in [6.45, 7) is 7.22. The van der Waals surface area contributed by atoms with E-state index in [2.05, 4.69) is 23.7 Å². The Kier molecular flexibility index (Phi) is 6.11. The number of carbonyl (C=O) groups excluding carboxylic acids is 1. The van der Waals surface area contributed by atoms with Gasteiger partial charge in [0.15, 0.2) is 12.3 Å². The van der Waals surface area contributed by atoms with Gasteiger partial charge in [-0.2, -0.15) is 0 Å². The van der Waals surface area contributed by atoms with Crippen LogP contribution >= 0.6 is 0 Å². The van der Waals surface area contributed by atoms with Crippen molar-refractivity contribution in [1.29, 1.82) is 0 Å². The average molecular weight is 375 g/mol. The molecule has 0 bridgehead atoms. The third-order valence-corrected chi connectivity index (χ3v) is 4.86. The minimum atomic E-state index is -0.375. The van der Waals surface area contributed by atoms with E-state index >= 15 is 0 Å². The minimum absolute atomic E-state index is 0.0341. The molecule has 1 amide bonds. The summed E-state index contributed by atoms with van der Waals surface area (Å²) in [5.41, 5.74) is 0.258. The summed E-state index contributed by atoms with van der Waals surface area (Å²) in [5.74, 6) is 0.597. The molecule has 0 spiro atoms. The third kappa shape index (κ3) is 5.07. The molecule has 1 aliphatic rings. The van der Waals surface area contributed by atoms with Gasteiger partial charge in [0.05, 0.1) is 0 Å². The molecule has 1 saturated heterocycles. The Bertz CT molecular complexity index is 777. The largest absolute Gasteiger partial charge is 0.484 e. The third-order valence-electron chi connectivity index (χ3n) is 4.86. The van der Waals surface area contributed by atoms with Crippen LogP contribution in [0.15, 0.2) is 34.9 Å². The number of benzene rings is 1. The highest BCUT2D eigenvalue weighted by molar-refractivity contribution is 5.91. The lowest BCUT2D eigenvalue weighted by atomic mass is 10.1. The predicted octanol–water partition coefficient (Wildman–Crippen LogP) is 3.20. The van der Waals surface area contributed by atoms with Crippen molar-refractivity contribution in [2.24, 2.45) is 5.92 Å². The van der Waals surface area contributed by atoms with E-state index in [1.807, 2.05) is 0 Å². The molecule has 0 saturated carbocycles. The zero-order valence-electron chi connectivity index (χ0n) is 16.0. The first-order chi connectivity index (χ1) is 12.9. The van der Waals surface area contributed by atoms with Crippen LogP contribution in [0.4, 0.5) is 4.39 Å². The zero-order chi connectivity index (χ0) is 19.4. The number of ether oxygens (including phenoxy) is 1. The summed E-state index contributed by atoms with van der Waals surface area (Å²) in [7, 11) is 1.79. The van der Waals surface area contributed by atoms with Gasteiger partial charge < -0.3 is 19.0 Å². The second-order valence-corrected chi connectivity index (χ2v) is 7.30. The van der Waals surface area contributed by atoms with Crippen LogP contribution in [0.1, 0.15) is 36.6 Å². The fourth-order valence-electron chi connectivity index (χ4n) is 3.32. The Balaban J connectivity index is 1.51. The van der Waals surface area contributed by atoms with E-state index in [9.17, 15) is 9.18 Å². The van der Waals surface area contributed by atoms with Crippen molar-refractivity contribution in [2.45, 2.75) is 32.9 Å². The molecule has 6 nitrogen and oxygen atoms in total. The van der Waals surface area contributed by atoms with Gasteiger partial charge in [-0.15, -0.1) is 0 Å². The van der Waals surface area contributed by atoms with E-state index in [0.717, 1.165) is 19.5 Å². The van der Waals surface area contributed by atoms with Crippen LogP contribution in [-0.4, -0.2) is 53.4 Å². The smallest absolute Gasteiger partial charge is 0.275 e. The number of likely N-dealkylation sites (tertiary alicyclic amines) is 1. The zero-order valence-corrected chi connectivity index (χ0v) is 16.0. The summed E-state index contributed by atoms with van der Waals surface area (Å²) in [5, 5.41) is 0.